The van der Waals surface area contributed by atoms with Crippen molar-refractivity contribution in [3.63, 3.8) is 0 Å². The molecule has 34 heavy (non-hydrogen) atoms. The predicted octanol–water partition coefficient (Wildman–Crippen LogP) is 4.61. The Morgan fingerprint density at radius 2 is 1.82 bits per heavy atom. The topological polar surface area (TPSA) is 104 Å². The van der Waals surface area contributed by atoms with Gasteiger partial charge in [-0.2, -0.15) is 4.68 Å². The third-order valence-corrected chi connectivity index (χ3v) is 5.94. The molecule has 9 nitrogen and oxygen atoms in total. The van der Waals surface area contributed by atoms with E-state index in [-0.39, 0.29) is 5.70 Å². The Kier molecular flexibility index (Phi) is 4.87. The lowest BCUT2D eigenvalue weighted by atomic mass is 10.2. The smallest absolute Gasteiger partial charge is 0.274 e. The van der Waals surface area contributed by atoms with Crippen molar-refractivity contribution < 1.29 is 18.7 Å². The number of furan rings is 1. The Morgan fingerprint density at radius 1 is 1.00 bits per heavy atom. The van der Waals surface area contributed by atoms with Gasteiger partial charge >= 0.3 is 0 Å². The molecule has 0 radical (unpaired) electrons. The highest BCUT2D eigenvalue weighted by Gasteiger charge is 2.44. The summed E-state index contributed by atoms with van der Waals surface area (Å²) in [6, 6.07) is 18.3. The number of nitrogens with zero attached hydrogens (tertiary/aromatic N) is 4. The minimum atomic E-state index is -0.563. The quantitative estimate of drug-likeness (QED) is 0.438. The van der Waals surface area contributed by atoms with Crippen molar-refractivity contribution in [1.82, 2.24) is 20.2 Å². The Balaban J connectivity index is 1.32. The molecule has 1 fully saturated rings. The normalized spacial score (nSPS) is 16.2. The molecule has 2 aromatic carbocycles. The molecule has 0 saturated heterocycles. The third kappa shape index (κ3) is 3.71. The number of rotatable bonds is 5. The second-order valence-corrected chi connectivity index (χ2v) is 8.26. The number of amides is 1. The highest BCUT2D eigenvalue weighted by molar-refractivity contribution is 6.24. The van der Waals surface area contributed by atoms with Crippen molar-refractivity contribution in [3.8, 4) is 22.9 Å². The number of carbonyl (C=O) groups is 1. The van der Waals surface area contributed by atoms with Crippen LogP contribution in [0, 0.1) is 0 Å². The van der Waals surface area contributed by atoms with Crippen LogP contribution in [-0.4, -0.2) is 31.9 Å². The summed E-state index contributed by atoms with van der Waals surface area (Å²) >= 11 is 0. The van der Waals surface area contributed by atoms with Crippen molar-refractivity contribution >= 4 is 23.4 Å². The monoisotopic (exact) mass is 455 g/mol. The molecule has 1 saturated carbocycles. The third-order valence-electron chi connectivity index (χ3n) is 5.94. The number of carbonyl (C=O) groups excluding carboxylic acids is 1. The maximum absolute atomic E-state index is 13.5. The zero-order chi connectivity index (χ0) is 23.0. The second kappa shape index (κ2) is 8.18. The summed E-state index contributed by atoms with van der Waals surface area (Å²) in [7, 11) is 0. The molecule has 1 N–H and O–H groups in total. The average molecular weight is 455 g/mol. The summed E-state index contributed by atoms with van der Waals surface area (Å²) in [6.07, 6.45) is 7.01. The molecule has 2 aromatic heterocycles. The molecule has 3 heterocycles. The first-order chi connectivity index (χ1) is 16.7. The van der Waals surface area contributed by atoms with E-state index in [1.165, 1.54) is 10.9 Å². The van der Waals surface area contributed by atoms with E-state index in [0.29, 0.717) is 28.8 Å². The van der Waals surface area contributed by atoms with E-state index in [1.54, 1.807) is 30.3 Å². The van der Waals surface area contributed by atoms with Crippen molar-refractivity contribution in [3.05, 3.63) is 72.7 Å². The van der Waals surface area contributed by atoms with Gasteiger partial charge in [0.1, 0.15) is 11.5 Å². The van der Waals surface area contributed by atoms with Crippen molar-refractivity contribution in [2.75, 3.05) is 5.32 Å². The van der Waals surface area contributed by atoms with Crippen LogP contribution in [0.5, 0.6) is 11.5 Å². The van der Waals surface area contributed by atoms with Gasteiger partial charge in [-0.15, -0.1) is 5.10 Å². The number of ether oxygens (including phenoxy) is 2. The lowest BCUT2D eigenvalue weighted by molar-refractivity contribution is -0.111. The van der Waals surface area contributed by atoms with Crippen molar-refractivity contribution in [2.45, 2.75) is 31.5 Å². The number of hydrogen-bond donors (Lipinski definition) is 1. The minimum absolute atomic E-state index is 0.198. The fourth-order valence-corrected chi connectivity index (χ4v) is 4.33. The van der Waals surface area contributed by atoms with Crippen LogP contribution in [0.1, 0.15) is 31.4 Å². The van der Waals surface area contributed by atoms with Crippen LogP contribution in [0.15, 0.2) is 71.3 Å². The fourth-order valence-electron chi connectivity index (χ4n) is 4.33. The highest BCUT2D eigenvalue weighted by Crippen LogP contribution is 2.47. The Morgan fingerprint density at radius 3 is 2.62 bits per heavy atom. The van der Waals surface area contributed by atoms with E-state index in [2.05, 4.69) is 20.8 Å². The van der Waals surface area contributed by atoms with Gasteiger partial charge < -0.3 is 19.2 Å². The molecule has 4 aromatic rings. The lowest BCUT2D eigenvalue weighted by Crippen LogP contribution is -2.34. The summed E-state index contributed by atoms with van der Waals surface area (Å²) in [4.78, 5) is 13.5. The number of hydrogen-bond acceptors (Lipinski definition) is 7. The largest absolute Gasteiger partial charge is 0.465 e. The van der Waals surface area contributed by atoms with Gasteiger partial charge in [0, 0.05) is 36.2 Å². The van der Waals surface area contributed by atoms with Crippen LogP contribution in [-0.2, 0) is 4.79 Å². The van der Waals surface area contributed by atoms with Gasteiger partial charge in [0.05, 0.1) is 6.26 Å². The Labute approximate surface area is 195 Å². The van der Waals surface area contributed by atoms with E-state index in [9.17, 15) is 4.79 Å². The summed E-state index contributed by atoms with van der Waals surface area (Å²) in [6.45, 7) is 0. The van der Waals surface area contributed by atoms with Gasteiger partial charge in [0.15, 0.2) is 17.3 Å². The Bertz CT molecular complexity index is 1360. The van der Waals surface area contributed by atoms with Crippen molar-refractivity contribution in [2.24, 2.45) is 0 Å². The zero-order valence-corrected chi connectivity index (χ0v) is 18.2. The fraction of sp³-hybridized carbons (Fsp3) is 0.200. The van der Waals surface area contributed by atoms with Crippen molar-refractivity contribution in [1.29, 1.82) is 0 Å². The summed E-state index contributed by atoms with van der Waals surface area (Å²) in [5, 5.41) is 14.9. The molecule has 9 heteroatoms. The summed E-state index contributed by atoms with van der Waals surface area (Å²) < 4.78 is 19.0. The number of tetrazole rings is 1. The molecule has 1 amide bonds. The lowest BCUT2D eigenvalue weighted by Gasteiger charge is -2.21. The van der Waals surface area contributed by atoms with Crippen LogP contribution < -0.4 is 14.8 Å². The van der Waals surface area contributed by atoms with Crippen LogP contribution in [0.4, 0.5) is 5.69 Å². The van der Waals surface area contributed by atoms with E-state index in [0.717, 1.165) is 31.2 Å². The van der Waals surface area contributed by atoms with Gasteiger partial charge in [-0.05, 0) is 47.5 Å². The molecule has 170 valence electrons. The number of anilines is 1. The standard InChI is InChI=1S/C25H21N5O4/c31-24(26-18-10-11-21-22(15-18)34-25(33-21)12-4-5-13-25)20(16-19-9-6-14-32-19)30-23(27-28-29-30)17-7-2-1-3-8-17/h1-3,6-11,14-16H,4-5,12-13H2,(H,26,31)/b20-16-. The zero-order valence-electron chi connectivity index (χ0n) is 18.2. The first-order valence-electron chi connectivity index (χ1n) is 11.1. The average Bonchev–Trinajstić information content (AvgIpc) is 3.65. The molecule has 6 rings (SSSR count). The first-order valence-corrected chi connectivity index (χ1v) is 11.1. The molecule has 0 unspecified atom stereocenters. The van der Waals surface area contributed by atoms with Gasteiger partial charge in [-0.3, -0.25) is 4.79 Å². The van der Waals surface area contributed by atoms with E-state index >= 15 is 0 Å². The van der Waals surface area contributed by atoms with Gasteiger partial charge in [0.2, 0.25) is 0 Å². The number of fused-ring (bicyclic) bond motifs is 1. The SMILES string of the molecule is O=C(Nc1ccc2c(c1)OC1(CCCC1)O2)/C(=C/c1ccco1)n1nnnc1-c1ccccc1. The van der Waals surface area contributed by atoms with Crippen LogP contribution in [0.3, 0.4) is 0 Å². The van der Waals surface area contributed by atoms with Crippen LogP contribution >= 0.6 is 0 Å². The summed E-state index contributed by atoms with van der Waals surface area (Å²) in [5.41, 5.74) is 1.54. The number of aromatic nitrogens is 4. The van der Waals surface area contributed by atoms with E-state index < -0.39 is 11.7 Å². The van der Waals surface area contributed by atoms with Gasteiger partial charge in [-0.1, -0.05) is 30.3 Å². The summed E-state index contributed by atoms with van der Waals surface area (Å²) in [5.74, 6) is 1.28. The van der Waals surface area contributed by atoms with Gasteiger partial charge in [0.25, 0.3) is 11.7 Å². The molecule has 1 aliphatic heterocycles. The van der Waals surface area contributed by atoms with E-state index in [1.807, 2.05) is 36.4 Å². The number of benzene rings is 2. The Hall–Kier alpha value is -4.40. The highest BCUT2D eigenvalue weighted by atomic mass is 16.7. The maximum atomic E-state index is 13.5. The molecule has 1 spiro atoms. The molecular weight excluding hydrogens is 434 g/mol. The molecule has 0 atom stereocenters. The van der Waals surface area contributed by atoms with Crippen LogP contribution in [0.25, 0.3) is 23.2 Å². The maximum Gasteiger partial charge on any atom is 0.274 e. The van der Waals surface area contributed by atoms with E-state index in [4.69, 9.17) is 13.9 Å². The molecule has 0 bridgehead atoms. The molecule has 1 aliphatic carbocycles. The van der Waals surface area contributed by atoms with Crippen LogP contribution in [0.2, 0.25) is 0 Å². The minimum Gasteiger partial charge on any atom is -0.465 e. The van der Waals surface area contributed by atoms with Gasteiger partial charge in [-0.25, -0.2) is 0 Å². The molecular formula is C25H21N5O4. The second-order valence-electron chi connectivity index (χ2n) is 8.26. The molecule has 2 aliphatic rings. The first kappa shape index (κ1) is 20.2. The number of nitrogens with one attached hydrogen (secondary N) is 1. The predicted molar refractivity (Wildman–Crippen MR) is 124 cm³/mol.